The molecule has 2 aromatic rings. The molecule has 0 aliphatic carbocycles. The number of carbonyl (C=O) groups is 4. The maximum Gasteiger partial charge on any atom is 0.303 e. The normalized spacial score (nSPS) is 15.5. The molecule has 35 heavy (non-hydrogen) atoms. The Hall–Kier alpha value is -3.16. The summed E-state index contributed by atoms with van der Waals surface area (Å²) in [5, 5.41) is 12.9. The SMILES string of the molecule is NC(=O)[C@H](CCC(=O)O)NC(=O)CCN1C(=O)C(=Cc2cc(-c3ccc(F)c(F)c3)cs2)SC1=S. The zero-order chi connectivity index (χ0) is 25.7. The lowest BCUT2D eigenvalue weighted by molar-refractivity contribution is -0.138. The van der Waals surface area contributed by atoms with E-state index in [1.807, 2.05) is 0 Å². The molecular weight excluding hydrogens is 520 g/mol. The maximum absolute atomic E-state index is 13.5. The Morgan fingerprint density at radius 1 is 1.17 bits per heavy atom. The van der Waals surface area contributed by atoms with Gasteiger partial charge >= 0.3 is 5.97 Å². The van der Waals surface area contributed by atoms with E-state index in [2.05, 4.69) is 5.32 Å². The van der Waals surface area contributed by atoms with Crippen molar-refractivity contribution in [3.8, 4) is 11.1 Å². The lowest BCUT2D eigenvalue weighted by Crippen LogP contribution is -2.45. The summed E-state index contributed by atoms with van der Waals surface area (Å²) in [5.41, 5.74) is 6.36. The molecule has 1 aromatic heterocycles. The van der Waals surface area contributed by atoms with Gasteiger partial charge in [-0.15, -0.1) is 11.3 Å². The summed E-state index contributed by atoms with van der Waals surface area (Å²) in [6, 6.07) is 4.20. The van der Waals surface area contributed by atoms with E-state index in [1.54, 1.807) is 17.5 Å². The number of primary amides is 1. The number of halogens is 2. The summed E-state index contributed by atoms with van der Waals surface area (Å²) in [5.74, 6) is -4.85. The minimum Gasteiger partial charge on any atom is -0.481 e. The Balaban J connectivity index is 1.61. The van der Waals surface area contributed by atoms with Crippen LogP contribution in [-0.4, -0.2) is 50.6 Å². The number of carboxylic acids is 1. The number of thiocarbonyl (C=S) groups is 1. The molecule has 1 saturated heterocycles. The Kier molecular flexibility index (Phi) is 8.70. The molecule has 13 heteroatoms. The van der Waals surface area contributed by atoms with E-state index in [1.165, 1.54) is 22.3 Å². The highest BCUT2D eigenvalue weighted by Gasteiger charge is 2.32. The molecule has 4 N–H and O–H groups in total. The van der Waals surface area contributed by atoms with E-state index >= 15 is 0 Å². The highest BCUT2D eigenvalue weighted by Crippen LogP contribution is 2.35. The molecule has 0 spiro atoms. The van der Waals surface area contributed by atoms with Crippen LogP contribution in [0.25, 0.3) is 17.2 Å². The van der Waals surface area contributed by atoms with Crippen molar-refractivity contribution in [1.29, 1.82) is 0 Å². The van der Waals surface area contributed by atoms with E-state index in [-0.39, 0.29) is 30.1 Å². The second kappa shape index (κ2) is 11.5. The third kappa shape index (κ3) is 6.93. The average Bonchev–Trinajstić information content (AvgIpc) is 3.36. The summed E-state index contributed by atoms with van der Waals surface area (Å²) >= 11 is 7.63. The number of hydrogen-bond acceptors (Lipinski definition) is 7. The minimum atomic E-state index is -1.13. The molecule has 1 aromatic carbocycles. The largest absolute Gasteiger partial charge is 0.481 e. The molecule has 3 rings (SSSR count). The van der Waals surface area contributed by atoms with Crippen molar-refractivity contribution in [1.82, 2.24) is 10.2 Å². The number of amides is 3. The van der Waals surface area contributed by atoms with Crippen molar-refractivity contribution in [2.75, 3.05) is 6.54 Å². The van der Waals surface area contributed by atoms with Gasteiger partial charge in [0.1, 0.15) is 10.4 Å². The lowest BCUT2D eigenvalue weighted by atomic mass is 10.1. The van der Waals surface area contributed by atoms with Gasteiger partial charge in [-0.1, -0.05) is 30.0 Å². The monoisotopic (exact) mass is 539 g/mol. The molecular formula is C22H19F2N3O5S3. The van der Waals surface area contributed by atoms with Gasteiger partial charge in [-0.25, -0.2) is 8.78 Å². The minimum absolute atomic E-state index is 0.0389. The Morgan fingerprint density at radius 3 is 2.57 bits per heavy atom. The predicted molar refractivity (Wildman–Crippen MR) is 132 cm³/mol. The van der Waals surface area contributed by atoms with E-state index in [4.69, 9.17) is 23.1 Å². The van der Waals surface area contributed by atoms with Crippen molar-refractivity contribution >= 4 is 69.4 Å². The summed E-state index contributed by atoms with van der Waals surface area (Å²) in [6.45, 7) is -0.0389. The number of aliphatic carboxylic acids is 1. The van der Waals surface area contributed by atoms with Gasteiger partial charge in [0.2, 0.25) is 11.8 Å². The highest BCUT2D eigenvalue weighted by molar-refractivity contribution is 8.26. The predicted octanol–water partition coefficient (Wildman–Crippen LogP) is 3.12. The summed E-state index contributed by atoms with van der Waals surface area (Å²) in [7, 11) is 0. The molecule has 3 amide bonds. The van der Waals surface area contributed by atoms with E-state index in [0.717, 1.165) is 23.9 Å². The smallest absolute Gasteiger partial charge is 0.303 e. The first kappa shape index (κ1) is 26.4. The number of thioether (sulfide) groups is 1. The third-order valence-corrected chi connectivity index (χ3v) is 7.17. The van der Waals surface area contributed by atoms with Gasteiger partial charge < -0.3 is 16.2 Å². The molecule has 2 heterocycles. The van der Waals surface area contributed by atoms with Gasteiger partial charge in [0.15, 0.2) is 11.6 Å². The Morgan fingerprint density at radius 2 is 1.91 bits per heavy atom. The van der Waals surface area contributed by atoms with Crippen molar-refractivity contribution in [2.45, 2.75) is 25.3 Å². The molecule has 1 aliphatic rings. The number of nitrogens with zero attached hydrogens (tertiary/aromatic N) is 1. The van der Waals surface area contributed by atoms with E-state index < -0.39 is 41.4 Å². The van der Waals surface area contributed by atoms with Crippen LogP contribution >= 0.6 is 35.3 Å². The van der Waals surface area contributed by atoms with Crippen molar-refractivity contribution in [3.05, 3.63) is 51.1 Å². The molecule has 1 atom stereocenters. The second-order valence-electron chi connectivity index (χ2n) is 7.40. The Bertz CT molecular complexity index is 1230. The first-order valence-electron chi connectivity index (χ1n) is 10.1. The molecule has 0 bridgehead atoms. The van der Waals surface area contributed by atoms with Crippen LogP contribution in [0, 0.1) is 11.6 Å². The fourth-order valence-corrected chi connectivity index (χ4v) is 5.33. The van der Waals surface area contributed by atoms with Gasteiger partial charge in [0.05, 0.1) is 4.91 Å². The van der Waals surface area contributed by atoms with Gasteiger partial charge in [0, 0.05) is 24.3 Å². The van der Waals surface area contributed by atoms with Crippen molar-refractivity contribution in [3.63, 3.8) is 0 Å². The van der Waals surface area contributed by atoms with Gasteiger partial charge in [0.25, 0.3) is 5.91 Å². The van der Waals surface area contributed by atoms with E-state index in [9.17, 15) is 28.0 Å². The number of nitrogens with two attached hydrogens (primary N) is 1. The number of carboxylic acid groups (broad SMARTS) is 1. The first-order chi connectivity index (χ1) is 16.5. The quantitative estimate of drug-likeness (QED) is 0.312. The molecule has 0 unspecified atom stereocenters. The van der Waals surface area contributed by atoms with Crippen LogP contribution in [0.5, 0.6) is 0 Å². The maximum atomic E-state index is 13.5. The van der Waals surface area contributed by atoms with Crippen LogP contribution < -0.4 is 11.1 Å². The number of nitrogens with one attached hydrogen (secondary N) is 1. The van der Waals surface area contributed by atoms with Gasteiger partial charge in [-0.3, -0.25) is 24.1 Å². The summed E-state index contributed by atoms with van der Waals surface area (Å²) in [6.07, 6.45) is 0.972. The van der Waals surface area contributed by atoms with Crippen LogP contribution in [-0.2, 0) is 19.2 Å². The summed E-state index contributed by atoms with van der Waals surface area (Å²) < 4.78 is 26.9. The van der Waals surface area contributed by atoms with Crippen LogP contribution in [0.4, 0.5) is 8.78 Å². The third-order valence-electron chi connectivity index (χ3n) is 4.91. The number of rotatable bonds is 10. The van der Waals surface area contributed by atoms with Crippen LogP contribution in [0.3, 0.4) is 0 Å². The molecule has 0 radical (unpaired) electrons. The van der Waals surface area contributed by atoms with Crippen molar-refractivity contribution in [2.24, 2.45) is 5.73 Å². The van der Waals surface area contributed by atoms with Crippen LogP contribution in [0.15, 0.2) is 34.6 Å². The lowest BCUT2D eigenvalue weighted by Gasteiger charge is -2.17. The average molecular weight is 540 g/mol. The molecule has 1 aliphatic heterocycles. The zero-order valence-corrected chi connectivity index (χ0v) is 20.4. The molecule has 1 fully saturated rings. The first-order valence-corrected chi connectivity index (χ1v) is 12.3. The van der Waals surface area contributed by atoms with Gasteiger partial charge in [-0.2, -0.15) is 0 Å². The number of benzene rings is 1. The summed E-state index contributed by atoms with van der Waals surface area (Å²) in [4.78, 5) is 49.4. The van der Waals surface area contributed by atoms with Crippen LogP contribution in [0.1, 0.15) is 24.1 Å². The standard InChI is InChI=1S/C22H19F2N3O5S3/c23-14-2-1-11(8-15(14)24)12-7-13(34-10-12)9-17-21(32)27(22(33)35-17)6-5-18(28)26-16(20(25)31)3-4-19(29)30/h1-2,7-10,16H,3-6H2,(H2,25,31)(H,26,28)(H,29,30)/t16-/m0/s1. The fraction of sp³-hybridized carbons (Fsp3) is 0.227. The van der Waals surface area contributed by atoms with E-state index in [0.29, 0.717) is 20.9 Å². The molecule has 8 nitrogen and oxygen atoms in total. The zero-order valence-electron chi connectivity index (χ0n) is 18.0. The molecule has 0 saturated carbocycles. The van der Waals surface area contributed by atoms with Crippen LogP contribution in [0.2, 0.25) is 0 Å². The number of hydrogen-bond donors (Lipinski definition) is 3. The molecule has 184 valence electrons. The fourth-order valence-electron chi connectivity index (χ4n) is 3.11. The number of thiophene rings is 1. The number of carbonyl (C=O) groups excluding carboxylic acids is 3. The van der Waals surface area contributed by atoms with Gasteiger partial charge in [-0.05, 0) is 47.2 Å². The second-order valence-corrected chi connectivity index (χ2v) is 10.0. The topological polar surface area (TPSA) is 130 Å². The highest BCUT2D eigenvalue weighted by atomic mass is 32.2. The Labute approximate surface area is 212 Å². The van der Waals surface area contributed by atoms with Crippen molar-refractivity contribution < 1.29 is 33.1 Å².